The zero-order chi connectivity index (χ0) is 38.6. The Morgan fingerprint density at radius 2 is 0.914 bits per heavy atom. The molecule has 0 N–H and O–H groups in total. The lowest BCUT2D eigenvalue weighted by molar-refractivity contribution is 1.06. The molecule has 0 aliphatic heterocycles. The molecule has 0 saturated heterocycles. The molecule has 0 fully saturated rings. The van der Waals surface area contributed by atoms with Gasteiger partial charge < -0.3 is 9.13 Å². The average molecular weight is 741 g/mol. The third-order valence-corrected chi connectivity index (χ3v) is 11.0. The minimum atomic E-state index is 0.509. The average Bonchev–Trinajstić information content (AvgIpc) is 3.81. The van der Waals surface area contributed by atoms with E-state index in [4.69, 9.17) is 21.5 Å². The smallest absolute Gasteiger partial charge is 0.187 e. The summed E-state index contributed by atoms with van der Waals surface area (Å²) in [7, 11) is 0. The maximum absolute atomic E-state index is 7.65. The monoisotopic (exact) mass is 740 g/mol. The second-order valence-corrected chi connectivity index (χ2v) is 14.4. The van der Waals surface area contributed by atoms with Crippen LogP contribution < -0.4 is 0 Å². The van der Waals surface area contributed by atoms with Crippen LogP contribution in [-0.4, -0.2) is 24.1 Å². The minimum absolute atomic E-state index is 0.509. The minimum Gasteiger partial charge on any atom is -0.309 e. The van der Waals surface area contributed by atoms with Crippen LogP contribution in [0.4, 0.5) is 5.69 Å². The van der Waals surface area contributed by atoms with Crippen molar-refractivity contribution in [1.82, 2.24) is 24.1 Å². The molecular weight excluding hydrogens is 709 g/mol. The number of benzene rings is 8. The highest BCUT2D eigenvalue weighted by atomic mass is 15.1. The van der Waals surface area contributed by atoms with Gasteiger partial charge in [0.15, 0.2) is 23.2 Å². The summed E-state index contributed by atoms with van der Waals surface area (Å²) in [5.41, 5.74) is 11.9. The molecule has 11 rings (SSSR count). The first-order chi connectivity index (χ1) is 28.7. The van der Waals surface area contributed by atoms with Gasteiger partial charge in [-0.2, -0.15) is 0 Å². The number of rotatable bonds is 6. The molecule has 270 valence electrons. The molecule has 6 nitrogen and oxygen atoms in total. The van der Waals surface area contributed by atoms with Crippen molar-refractivity contribution in [3.8, 4) is 56.7 Å². The molecule has 0 aliphatic carbocycles. The summed E-state index contributed by atoms with van der Waals surface area (Å²) in [4.78, 5) is 18.9. The molecule has 8 aromatic carbocycles. The quantitative estimate of drug-likeness (QED) is 0.160. The number of hydrogen-bond donors (Lipinski definition) is 0. The number of aromatic nitrogens is 5. The van der Waals surface area contributed by atoms with Crippen LogP contribution in [0.1, 0.15) is 0 Å². The maximum atomic E-state index is 7.65. The number of hydrogen-bond acceptors (Lipinski definition) is 3. The Kier molecular flexibility index (Phi) is 7.76. The zero-order valence-electron chi connectivity index (χ0n) is 31.2. The molecule has 0 atom stereocenters. The first-order valence-electron chi connectivity index (χ1n) is 19.2. The molecule has 0 spiro atoms. The fourth-order valence-electron chi connectivity index (χ4n) is 8.33. The molecule has 58 heavy (non-hydrogen) atoms. The van der Waals surface area contributed by atoms with E-state index in [9.17, 15) is 0 Å². The summed E-state index contributed by atoms with van der Waals surface area (Å²) in [5.74, 6) is 1.62. The van der Waals surface area contributed by atoms with Gasteiger partial charge in [0.1, 0.15) is 0 Å². The number of fused-ring (bicyclic) bond motifs is 6. The number of nitrogens with zero attached hydrogens (tertiary/aromatic N) is 6. The first kappa shape index (κ1) is 33.2. The zero-order valence-corrected chi connectivity index (χ0v) is 31.2. The molecule has 3 heterocycles. The first-order valence-corrected chi connectivity index (χ1v) is 19.2. The van der Waals surface area contributed by atoms with Gasteiger partial charge in [0.25, 0.3) is 0 Å². The fourth-order valence-corrected chi connectivity index (χ4v) is 8.33. The van der Waals surface area contributed by atoms with E-state index in [0.29, 0.717) is 23.2 Å². The largest absolute Gasteiger partial charge is 0.309 e. The summed E-state index contributed by atoms with van der Waals surface area (Å²) in [6.07, 6.45) is 0. The third-order valence-electron chi connectivity index (χ3n) is 11.0. The highest BCUT2D eigenvalue weighted by molar-refractivity contribution is 6.12. The van der Waals surface area contributed by atoms with Crippen molar-refractivity contribution in [2.45, 2.75) is 0 Å². The van der Waals surface area contributed by atoms with Crippen LogP contribution in [0.25, 0.3) is 105 Å². The van der Waals surface area contributed by atoms with E-state index in [2.05, 4.69) is 147 Å². The SMILES string of the molecule is [C-]#[N+]c1cccc(-c2nc(-c3ccccc3)nc(-c3ccccc3-n3c4ccccc4c4ccc(-n5c6ccccc6c6ccc(-c7ccccc7)cc65)cc43)n2)c1. The van der Waals surface area contributed by atoms with Gasteiger partial charge in [-0.25, -0.2) is 19.8 Å². The van der Waals surface area contributed by atoms with E-state index in [0.717, 1.165) is 60.9 Å². The summed E-state index contributed by atoms with van der Waals surface area (Å²) in [6.45, 7) is 7.65. The summed E-state index contributed by atoms with van der Waals surface area (Å²) >= 11 is 0. The molecule has 3 aromatic heterocycles. The van der Waals surface area contributed by atoms with Crippen molar-refractivity contribution >= 4 is 49.3 Å². The molecule has 0 radical (unpaired) electrons. The van der Waals surface area contributed by atoms with Crippen LogP contribution >= 0.6 is 0 Å². The predicted molar refractivity (Wildman–Crippen MR) is 237 cm³/mol. The van der Waals surface area contributed by atoms with Crippen LogP contribution in [0.2, 0.25) is 0 Å². The molecule has 6 heteroatoms. The molecule has 0 bridgehead atoms. The normalized spacial score (nSPS) is 11.4. The van der Waals surface area contributed by atoms with Crippen molar-refractivity contribution in [2.24, 2.45) is 0 Å². The molecule has 11 aromatic rings. The Balaban J connectivity index is 1.16. The van der Waals surface area contributed by atoms with E-state index < -0.39 is 0 Å². The lowest BCUT2D eigenvalue weighted by Crippen LogP contribution is -2.03. The summed E-state index contributed by atoms with van der Waals surface area (Å²) < 4.78 is 4.74. The van der Waals surface area contributed by atoms with E-state index in [1.165, 1.54) is 21.9 Å². The van der Waals surface area contributed by atoms with Gasteiger partial charge in [0.05, 0.1) is 34.3 Å². The van der Waals surface area contributed by atoms with Crippen LogP contribution in [0, 0.1) is 6.57 Å². The number of para-hydroxylation sites is 3. The third kappa shape index (κ3) is 5.45. The molecule has 0 aliphatic rings. The van der Waals surface area contributed by atoms with E-state index in [-0.39, 0.29) is 0 Å². The topological polar surface area (TPSA) is 52.9 Å². The van der Waals surface area contributed by atoms with Gasteiger partial charge in [-0.05, 0) is 59.7 Å². The highest BCUT2D eigenvalue weighted by Gasteiger charge is 2.21. The van der Waals surface area contributed by atoms with Crippen LogP contribution in [0.5, 0.6) is 0 Å². The molecule has 0 amide bonds. The standard InChI is InChI=1S/C52H32N6/c1-53-38-20-14-19-37(31-38)51-54-50(35-17-6-3-7-18-35)55-52(56-51)44-23-10-13-26-47(44)58-46-25-12-9-22-41(46)43-30-28-39(33-49(43)58)57-45-24-11-8-21-40(45)42-29-27-36(32-48(42)57)34-15-4-2-5-16-34/h2-33H. The molecule has 0 unspecified atom stereocenters. The maximum Gasteiger partial charge on any atom is 0.187 e. The van der Waals surface area contributed by atoms with E-state index in [1.807, 2.05) is 54.6 Å². The predicted octanol–water partition coefficient (Wildman–Crippen LogP) is 13.3. The van der Waals surface area contributed by atoms with Gasteiger partial charge >= 0.3 is 0 Å². The van der Waals surface area contributed by atoms with E-state index in [1.54, 1.807) is 6.07 Å². The van der Waals surface area contributed by atoms with Gasteiger partial charge in [0, 0.05) is 43.9 Å². The molecule has 0 saturated carbocycles. The van der Waals surface area contributed by atoms with Crippen molar-refractivity contribution in [1.29, 1.82) is 0 Å². The Bertz CT molecular complexity index is 3410. The lowest BCUT2D eigenvalue weighted by atomic mass is 10.0. The van der Waals surface area contributed by atoms with Gasteiger partial charge in [-0.1, -0.05) is 146 Å². The van der Waals surface area contributed by atoms with Crippen molar-refractivity contribution < 1.29 is 0 Å². The van der Waals surface area contributed by atoms with Crippen molar-refractivity contribution in [3.05, 3.63) is 206 Å². The van der Waals surface area contributed by atoms with Crippen molar-refractivity contribution in [3.63, 3.8) is 0 Å². The highest BCUT2D eigenvalue weighted by Crippen LogP contribution is 2.40. The Hall–Kier alpha value is -8.14. The second kappa shape index (κ2) is 13.6. The Morgan fingerprint density at radius 3 is 1.66 bits per heavy atom. The van der Waals surface area contributed by atoms with Crippen LogP contribution in [-0.2, 0) is 0 Å². The van der Waals surface area contributed by atoms with Crippen molar-refractivity contribution in [2.75, 3.05) is 0 Å². The summed E-state index contributed by atoms with van der Waals surface area (Å²) in [5, 5.41) is 4.73. The van der Waals surface area contributed by atoms with Crippen LogP contribution in [0.15, 0.2) is 194 Å². The Morgan fingerprint density at radius 1 is 0.362 bits per heavy atom. The summed E-state index contributed by atoms with van der Waals surface area (Å²) in [6, 6.07) is 67.2. The Labute approximate surface area is 334 Å². The van der Waals surface area contributed by atoms with E-state index >= 15 is 0 Å². The second-order valence-electron chi connectivity index (χ2n) is 14.4. The fraction of sp³-hybridized carbons (Fsp3) is 0. The van der Waals surface area contributed by atoms with Gasteiger partial charge in [-0.15, -0.1) is 0 Å². The van der Waals surface area contributed by atoms with Crippen LogP contribution in [0.3, 0.4) is 0 Å². The van der Waals surface area contributed by atoms with Gasteiger partial charge in [0.2, 0.25) is 0 Å². The van der Waals surface area contributed by atoms with Gasteiger partial charge in [-0.3, -0.25) is 0 Å². The molecular formula is C52H32N6. The lowest BCUT2D eigenvalue weighted by Gasteiger charge is -2.15.